The summed E-state index contributed by atoms with van der Waals surface area (Å²) >= 11 is 0. The second kappa shape index (κ2) is 11.2. The van der Waals surface area contributed by atoms with Crippen LogP contribution >= 0.6 is 0 Å². The van der Waals surface area contributed by atoms with Crippen LogP contribution in [0.4, 0.5) is 0 Å². The average Bonchev–Trinajstić information content (AvgIpc) is 3.37. The lowest BCUT2D eigenvalue weighted by Crippen LogP contribution is -2.53. The third-order valence-corrected chi connectivity index (χ3v) is 7.46. The van der Waals surface area contributed by atoms with Crippen molar-refractivity contribution in [1.29, 1.82) is 0 Å². The van der Waals surface area contributed by atoms with E-state index >= 15 is 0 Å². The fourth-order valence-corrected chi connectivity index (χ4v) is 5.57. The number of ketones is 1. The van der Waals surface area contributed by atoms with Gasteiger partial charge in [-0.15, -0.1) is 0 Å². The smallest absolute Gasteiger partial charge is 0.251 e. The van der Waals surface area contributed by atoms with E-state index in [2.05, 4.69) is 26.1 Å². The molecule has 2 fully saturated rings. The van der Waals surface area contributed by atoms with Gasteiger partial charge in [0.2, 0.25) is 11.8 Å². The Morgan fingerprint density at radius 2 is 1.61 bits per heavy atom. The summed E-state index contributed by atoms with van der Waals surface area (Å²) in [6.45, 7) is 16.7. The Bertz CT molecular complexity index is 1050. The number of nitrogens with one attached hydrogen (secondary N) is 1. The second-order valence-electron chi connectivity index (χ2n) is 13.6. The number of nitrogens with zero attached hydrogens (tertiary/aromatic N) is 2. The van der Waals surface area contributed by atoms with Crippen LogP contribution in [0.3, 0.4) is 0 Å². The Labute approximate surface area is 227 Å². The van der Waals surface area contributed by atoms with Gasteiger partial charge in [0, 0.05) is 12.1 Å². The maximum Gasteiger partial charge on any atom is 0.251 e. The number of fused-ring (bicyclic) bond motifs is 1. The Morgan fingerprint density at radius 3 is 2.13 bits per heavy atom. The number of carbonyl (C=O) groups is 4. The normalized spacial score (nSPS) is 21.5. The standard InChI is InChI=1S/C30H46N4O4/c1-18(2)15-22(32-26(36)19-9-11-20(12-10-19)30(6,7)8)28(38)33-14-13-23-25(33)24(35)17-34(23)27(37)21(31)16-29(3,4)5/h9-12,18,21-23,25H,13-17,31H2,1-8H3,(H,32,36). The Morgan fingerprint density at radius 1 is 1.00 bits per heavy atom. The predicted molar refractivity (Wildman–Crippen MR) is 149 cm³/mol. The van der Waals surface area contributed by atoms with Crippen LogP contribution in [0.15, 0.2) is 24.3 Å². The van der Waals surface area contributed by atoms with Crippen molar-refractivity contribution in [2.24, 2.45) is 17.1 Å². The minimum absolute atomic E-state index is 0.0306. The van der Waals surface area contributed by atoms with Crippen LogP contribution in [0.5, 0.6) is 0 Å². The van der Waals surface area contributed by atoms with Gasteiger partial charge < -0.3 is 20.9 Å². The molecule has 2 saturated heterocycles. The summed E-state index contributed by atoms with van der Waals surface area (Å²) in [6.07, 6.45) is 1.48. The van der Waals surface area contributed by atoms with Crippen LogP contribution in [-0.2, 0) is 19.8 Å². The van der Waals surface area contributed by atoms with Crippen LogP contribution in [0, 0.1) is 11.3 Å². The SMILES string of the molecule is CC(C)CC(NC(=O)c1ccc(C(C)(C)C)cc1)C(=O)N1CCC2C1C(=O)CN2C(=O)C(N)CC(C)(C)C. The lowest BCUT2D eigenvalue weighted by Gasteiger charge is -2.30. The van der Waals surface area contributed by atoms with E-state index in [0.29, 0.717) is 31.4 Å². The zero-order chi connectivity index (χ0) is 28.6. The molecule has 4 atom stereocenters. The van der Waals surface area contributed by atoms with Crippen molar-refractivity contribution in [3.05, 3.63) is 35.4 Å². The molecule has 3 amide bonds. The van der Waals surface area contributed by atoms with E-state index in [9.17, 15) is 19.2 Å². The fraction of sp³-hybridized carbons (Fsp3) is 0.667. The number of Topliss-reactive ketones (excluding diaryl/α,β-unsaturated/α-hetero) is 1. The van der Waals surface area contributed by atoms with Crippen molar-refractivity contribution in [3.8, 4) is 0 Å². The monoisotopic (exact) mass is 526 g/mol. The molecule has 0 aliphatic carbocycles. The Kier molecular flexibility index (Phi) is 8.76. The first kappa shape index (κ1) is 29.8. The molecule has 3 N–H and O–H groups in total. The first-order chi connectivity index (χ1) is 17.5. The number of carbonyl (C=O) groups excluding carboxylic acids is 4. The van der Waals surface area contributed by atoms with Crippen molar-refractivity contribution in [3.63, 3.8) is 0 Å². The van der Waals surface area contributed by atoms with Gasteiger partial charge in [-0.1, -0.05) is 67.5 Å². The summed E-state index contributed by atoms with van der Waals surface area (Å²) in [5, 5.41) is 2.93. The number of hydrogen-bond acceptors (Lipinski definition) is 5. The van der Waals surface area contributed by atoms with Gasteiger partial charge in [0.15, 0.2) is 5.78 Å². The molecule has 0 radical (unpaired) electrons. The third-order valence-electron chi connectivity index (χ3n) is 7.46. The van der Waals surface area contributed by atoms with Crippen LogP contribution in [0.2, 0.25) is 0 Å². The van der Waals surface area contributed by atoms with E-state index in [4.69, 9.17) is 5.73 Å². The van der Waals surface area contributed by atoms with E-state index in [0.717, 1.165) is 5.56 Å². The van der Waals surface area contributed by atoms with Crippen molar-refractivity contribution < 1.29 is 19.2 Å². The maximum absolute atomic E-state index is 13.8. The molecule has 0 saturated carbocycles. The highest BCUT2D eigenvalue weighted by molar-refractivity contribution is 6.01. The molecular weight excluding hydrogens is 480 g/mol. The van der Waals surface area contributed by atoms with Gasteiger partial charge in [-0.2, -0.15) is 0 Å². The Hall–Kier alpha value is -2.74. The van der Waals surface area contributed by atoms with Crippen LogP contribution in [0.25, 0.3) is 0 Å². The molecule has 4 unspecified atom stereocenters. The number of benzene rings is 1. The lowest BCUT2D eigenvalue weighted by atomic mass is 9.86. The molecule has 2 heterocycles. The van der Waals surface area contributed by atoms with E-state index in [1.54, 1.807) is 21.9 Å². The maximum atomic E-state index is 13.8. The zero-order valence-corrected chi connectivity index (χ0v) is 24.3. The van der Waals surface area contributed by atoms with Gasteiger partial charge in [-0.25, -0.2) is 0 Å². The van der Waals surface area contributed by atoms with Crippen molar-refractivity contribution in [2.45, 2.75) is 104 Å². The molecule has 38 heavy (non-hydrogen) atoms. The highest BCUT2D eigenvalue weighted by atomic mass is 16.2. The van der Waals surface area contributed by atoms with E-state index in [-0.39, 0.29) is 52.8 Å². The van der Waals surface area contributed by atoms with Gasteiger partial charge in [-0.05, 0) is 53.7 Å². The molecule has 0 bridgehead atoms. The summed E-state index contributed by atoms with van der Waals surface area (Å²) in [5.41, 5.74) is 7.68. The minimum Gasteiger partial charge on any atom is -0.340 e. The van der Waals surface area contributed by atoms with Gasteiger partial charge in [-0.3, -0.25) is 19.2 Å². The molecule has 3 rings (SSSR count). The molecule has 8 nitrogen and oxygen atoms in total. The van der Waals surface area contributed by atoms with Crippen LogP contribution in [-0.4, -0.2) is 70.6 Å². The largest absolute Gasteiger partial charge is 0.340 e. The second-order valence-corrected chi connectivity index (χ2v) is 13.6. The summed E-state index contributed by atoms with van der Waals surface area (Å²) in [4.78, 5) is 56.2. The summed E-state index contributed by atoms with van der Waals surface area (Å²) in [7, 11) is 0. The average molecular weight is 527 g/mol. The van der Waals surface area contributed by atoms with Crippen molar-refractivity contribution in [1.82, 2.24) is 15.1 Å². The molecule has 0 aromatic heterocycles. The summed E-state index contributed by atoms with van der Waals surface area (Å²) in [6, 6.07) is 4.93. The van der Waals surface area contributed by atoms with Gasteiger partial charge >= 0.3 is 0 Å². The number of rotatable bonds is 7. The van der Waals surface area contributed by atoms with E-state index < -0.39 is 18.1 Å². The molecule has 0 spiro atoms. The minimum atomic E-state index is -0.760. The first-order valence-electron chi connectivity index (χ1n) is 13.8. The molecular formula is C30H46N4O4. The topological polar surface area (TPSA) is 113 Å². The third kappa shape index (κ3) is 6.82. The number of nitrogens with two attached hydrogens (primary N) is 1. The van der Waals surface area contributed by atoms with E-state index in [1.165, 1.54) is 0 Å². The molecule has 2 aliphatic heterocycles. The number of amides is 3. The molecule has 2 aliphatic rings. The number of likely N-dealkylation sites (tertiary alicyclic amines) is 2. The van der Waals surface area contributed by atoms with Crippen LogP contribution in [0.1, 0.15) is 90.6 Å². The zero-order valence-electron chi connectivity index (χ0n) is 24.3. The molecule has 1 aromatic carbocycles. The van der Waals surface area contributed by atoms with Gasteiger partial charge in [0.05, 0.1) is 18.6 Å². The molecule has 8 heteroatoms. The summed E-state index contributed by atoms with van der Waals surface area (Å²) < 4.78 is 0. The Balaban J connectivity index is 1.75. The van der Waals surface area contributed by atoms with Crippen LogP contribution < -0.4 is 11.1 Å². The molecule has 210 valence electrons. The first-order valence-corrected chi connectivity index (χ1v) is 13.8. The van der Waals surface area contributed by atoms with Gasteiger partial charge in [0.25, 0.3) is 5.91 Å². The molecule has 1 aromatic rings. The fourth-order valence-electron chi connectivity index (χ4n) is 5.57. The van der Waals surface area contributed by atoms with Crippen molar-refractivity contribution in [2.75, 3.05) is 13.1 Å². The summed E-state index contributed by atoms with van der Waals surface area (Å²) in [5.74, 6) is -0.820. The number of hydrogen-bond donors (Lipinski definition) is 2. The predicted octanol–water partition coefficient (Wildman–Crippen LogP) is 3.27. The highest BCUT2D eigenvalue weighted by Gasteiger charge is 2.52. The van der Waals surface area contributed by atoms with E-state index in [1.807, 2.05) is 46.8 Å². The lowest BCUT2D eigenvalue weighted by molar-refractivity contribution is -0.138. The highest BCUT2D eigenvalue weighted by Crippen LogP contribution is 2.32. The quantitative estimate of drug-likeness (QED) is 0.566. The van der Waals surface area contributed by atoms with Crippen molar-refractivity contribution >= 4 is 23.5 Å². The van der Waals surface area contributed by atoms with Gasteiger partial charge in [0.1, 0.15) is 12.1 Å².